The highest BCUT2D eigenvalue weighted by molar-refractivity contribution is 5.92. The van der Waals surface area contributed by atoms with Crippen LogP contribution < -0.4 is 10.6 Å². The van der Waals surface area contributed by atoms with Gasteiger partial charge in [0.25, 0.3) is 0 Å². The lowest BCUT2D eigenvalue weighted by molar-refractivity contribution is -0.117. The van der Waals surface area contributed by atoms with Crippen LogP contribution in [0.4, 0.5) is 14.5 Å². The minimum Gasteiger partial charge on any atom is -0.325 e. The second kappa shape index (κ2) is 7.36. The molecule has 0 unspecified atom stereocenters. The van der Waals surface area contributed by atoms with Gasteiger partial charge in [-0.2, -0.15) is 0 Å². The van der Waals surface area contributed by atoms with Crippen molar-refractivity contribution in [3.05, 3.63) is 29.8 Å². The van der Waals surface area contributed by atoms with Gasteiger partial charge in [0.15, 0.2) is 11.6 Å². The van der Waals surface area contributed by atoms with E-state index in [1.165, 1.54) is 18.9 Å². The highest BCUT2D eigenvalue weighted by atomic mass is 19.2. The summed E-state index contributed by atoms with van der Waals surface area (Å²) in [5.41, 5.74) is 0.287. The van der Waals surface area contributed by atoms with Gasteiger partial charge in [0.1, 0.15) is 0 Å². The third kappa shape index (κ3) is 4.97. The molecule has 1 aromatic carbocycles. The molecular weight excluding hydrogens is 300 g/mol. The summed E-state index contributed by atoms with van der Waals surface area (Å²) >= 11 is 0. The van der Waals surface area contributed by atoms with Crippen LogP contribution in [0.1, 0.15) is 25.7 Å². The molecule has 1 aliphatic heterocycles. The molecule has 1 heterocycles. The van der Waals surface area contributed by atoms with E-state index in [0.717, 1.165) is 50.5 Å². The van der Waals surface area contributed by atoms with Crippen LogP contribution in [-0.2, 0) is 4.79 Å². The summed E-state index contributed by atoms with van der Waals surface area (Å²) in [5, 5.41) is 6.22. The van der Waals surface area contributed by atoms with Crippen molar-refractivity contribution < 1.29 is 13.6 Å². The van der Waals surface area contributed by atoms with E-state index in [9.17, 15) is 13.6 Å². The second-order valence-corrected chi connectivity index (χ2v) is 6.58. The van der Waals surface area contributed by atoms with E-state index >= 15 is 0 Å². The monoisotopic (exact) mass is 323 g/mol. The van der Waals surface area contributed by atoms with Crippen molar-refractivity contribution in [2.24, 2.45) is 5.92 Å². The topological polar surface area (TPSA) is 44.4 Å². The molecule has 0 aromatic heterocycles. The van der Waals surface area contributed by atoms with Gasteiger partial charge < -0.3 is 10.6 Å². The number of benzene rings is 1. The van der Waals surface area contributed by atoms with E-state index in [-0.39, 0.29) is 18.1 Å². The number of nitrogens with zero attached hydrogens (tertiary/aromatic N) is 1. The number of hydrogen-bond acceptors (Lipinski definition) is 3. The van der Waals surface area contributed by atoms with Gasteiger partial charge in [-0.25, -0.2) is 8.78 Å². The van der Waals surface area contributed by atoms with E-state index in [1.807, 2.05) is 0 Å². The molecule has 1 amide bonds. The van der Waals surface area contributed by atoms with E-state index in [1.54, 1.807) is 0 Å². The fourth-order valence-electron chi connectivity index (χ4n) is 2.93. The maximum Gasteiger partial charge on any atom is 0.238 e. The van der Waals surface area contributed by atoms with Crippen LogP contribution in [0.5, 0.6) is 0 Å². The fraction of sp³-hybridized carbons (Fsp3) is 0.588. The van der Waals surface area contributed by atoms with Crippen molar-refractivity contribution in [2.45, 2.75) is 31.7 Å². The van der Waals surface area contributed by atoms with E-state index < -0.39 is 11.6 Å². The number of hydrogen-bond donors (Lipinski definition) is 2. The molecule has 0 spiro atoms. The van der Waals surface area contributed by atoms with E-state index in [4.69, 9.17) is 0 Å². The molecule has 1 aromatic rings. The predicted molar refractivity (Wildman–Crippen MR) is 85.2 cm³/mol. The molecule has 0 bridgehead atoms. The number of nitrogens with one attached hydrogen (secondary N) is 2. The van der Waals surface area contributed by atoms with Crippen LogP contribution in [-0.4, -0.2) is 43.0 Å². The third-order valence-electron chi connectivity index (χ3n) is 4.55. The molecule has 3 rings (SSSR count). The number of carbonyl (C=O) groups excluding carboxylic acids is 1. The Bertz CT molecular complexity index is 555. The van der Waals surface area contributed by atoms with Gasteiger partial charge in [0.2, 0.25) is 5.91 Å². The maximum absolute atomic E-state index is 13.1. The molecule has 2 aliphatic rings. The number of piperidine rings is 1. The zero-order chi connectivity index (χ0) is 16.2. The lowest BCUT2D eigenvalue weighted by Crippen LogP contribution is -2.45. The lowest BCUT2D eigenvalue weighted by atomic mass is 10.0. The Morgan fingerprint density at radius 2 is 1.87 bits per heavy atom. The molecule has 1 saturated carbocycles. The van der Waals surface area contributed by atoms with Crippen molar-refractivity contribution in [3.63, 3.8) is 0 Å². The van der Waals surface area contributed by atoms with Crippen molar-refractivity contribution in [1.29, 1.82) is 0 Å². The largest absolute Gasteiger partial charge is 0.325 e. The van der Waals surface area contributed by atoms with Crippen LogP contribution in [0, 0.1) is 17.6 Å². The van der Waals surface area contributed by atoms with Crippen molar-refractivity contribution in [2.75, 3.05) is 31.5 Å². The van der Waals surface area contributed by atoms with Crippen molar-refractivity contribution in [3.8, 4) is 0 Å². The molecule has 126 valence electrons. The molecule has 0 atom stereocenters. The zero-order valence-electron chi connectivity index (χ0n) is 13.2. The number of anilines is 1. The molecule has 4 nitrogen and oxygen atoms in total. The van der Waals surface area contributed by atoms with Gasteiger partial charge in [0, 0.05) is 30.9 Å². The summed E-state index contributed by atoms with van der Waals surface area (Å²) in [6, 6.07) is 3.94. The quantitative estimate of drug-likeness (QED) is 0.845. The highest BCUT2D eigenvalue weighted by Crippen LogP contribution is 2.28. The summed E-state index contributed by atoms with van der Waals surface area (Å²) in [7, 11) is 0. The molecule has 1 saturated heterocycles. The average Bonchev–Trinajstić information content (AvgIpc) is 3.34. The SMILES string of the molecule is O=C(CN1CCC(NCC2CC2)CC1)Nc1ccc(F)c(F)c1. The summed E-state index contributed by atoms with van der Waals surface area (Å²) in [6.07, 6.45) is 4.81. The second-order valence-electron chi connectivity index (χ2n) is 6.58. The van der Waals surface area contributed by atoms with Gasteiger partial charge in [-0.3, -0.25) is 9.69 Å². The van der Waals surface area contributed by atoms with Crippen molar-refractivity contribution in [1.82, 2.24) is 10.2 Å². The molecule has 1 aliphatic carbocycles. The Kier molecular flexibility index (Phi) is 5.23. The first-order chi connectivity index (χ1) is 11.1. The Labute approximate surface area is 135 Å². The van der Waals surface area contributed by atoms with Gasteiger partial charge in [-0.05, 0) is 50.3 Å². The van der Waals surface area contributed by atoms with Crippen LogP contribution in [0.15, 0.2) is 18.2 Å². The standard InChI is InChI=1S/C17H23F2N3O/c18-15-4-3-14(9-16(15)19)21-17(23)11-22-7-5-13(6-8-22)20-10-12-1-2-12/h3-4,9,12-13,20H,1-2,5-8,10-11H2,(H,21,23). The molecular formula is C17H23F2N3O. The Hall–Kier alpha value is -1.53. The van der Waals surface area contributed by atoms with Gasteiger partial charge in [0.05, 0.1) is 6.54 Å². The third-order valence-corrected chi connectivity index (χ3v) is 4.55. The van der Waals surface area contributed by atoms with Crippen molar-refractivity contribution >= 4 is 11.6 Å². The maximum atomic E-state index is 13.1. The minimum atomic E-state index is -0.953. The van der Waals surface area contributed by atoms with E-state index in [2.05, 4.69) is 15.5 Å². The number of likely N-dealkylation sites (tertiary alicyclic amines) is 1. The molecule has 6 heteroatoms. The Morgan fingerprint density at radius 1 is 1.13 bits per heavy atom. The van der Waals surface area contributed by atoms with Crippen LogP contribution >= 0.6 is 0 Å². The lowest BCUT2D eigenvalue weighted by Gasteiger charge is -2.32. The first kappa shape index (κ1) is 16.3. The number of rotatable bonds is 6. The summed E-state index contributed by atoms with van der Waals surface area (Å²) in [4.78, 5) is 14.1. The van der Waals surface area contributed by atoms with Crippen LogP contribution in [0.2, 0.25) is 0 Å². The van der Waals surface area contributed by atoms with E-state index in [0.29, 0.717) is 6.04 Å². The number of halogens is 2. The normalized spacial score (nSPS) is 19.7. The van der Waals surface area contributed by atoms with Gasteiger partial charge in [-0.15, -0.1) is 0 Å². The summed E-state index contributed by atoms with van der Waals surface area (Å²) < 4.78 is 26.0. The molecule has 23 heavy (non-hydrogen) atoms. The number of carbonyl (C=O) groups is 1. The first-order valence-electron chi connectivity index (χ1n) is 8.31. The summed E-state index contributed by atoms with van der Waals surface area (Å²) in [6.45, 7) is 3.18. The highest BCUT2D eigenvalue weighted by Gasteiger charge is 2.25. The average molecular weight is 323 g/mol. The fourth-order valence-corrected chi connectivity index (χ4v) is 2.93. The molecule has 2 N–H and O–H groups in total. The Morgan fingerprint density at radius 3 is 2.52 bits per heavy atom. The van der Waals surface area contributed by atoms with Gasteiger partial charge >= 0.3 is 0 Å². The van der Waals surface area contributed by atoms with Gasteiger partial charge in [-0.1, -0.05) is 0 Å². The van der Waals surface area contributed by atoms with Crippen LogP contribution in [0.3, 0.4) is 0 Å². The smallest absolute Gasteiger partial charge is 0.238 e. The molecule has 2 fully saturated rings. The number of amides is 1. The zero-order valence-corrected chi connectivity index (χ0v) is 13.2. The predicted octanol–water partition coefficient (Wildman–Crippen LogP) is 2.37. The van der Waals surface area contributed by atoms with Crippen LogP contribution in [0.25, 0.3) is 0 Å². The first-order valence-corrected chi connectivity index (χ1v) is 8.31. The summed E-state index contributed by atoms with van der Waals surface area (Å²) in [5.74, 6) is -1.18. The minimum absolute atomic E-state index is 0.194. The Balaban J connectivity index is 1.39. The molecule has 0 radical (unpaired) electrons.